The van der Waals surface area contributed by atoms with Gasteiger partial charge in [0.2, 0.25) is 0 Å². The monoisotopic (exact) mass is 184 g/mol. The molecule has 0 saturated heterocycles. The van der Waals surface area contributed by atoms with Crippen LogP contribution in [-0.2, 0) is 9.59 Å². The van der Waals surface area contributed by atoms with Gasteiger partial charge in [-0.1, -0.05) is 33.6 Å². The van der Waals surface area contributed by atoms with Crippen molar-refractivity contribution in [2.45, 2.75) is 46.5 Å². The first-order chi connectivity index (χ1) is 6.13. The summed E-state index contributed by atoms with van der Waals surface area (Å²) in [5, 5.41) is 0. The highest BCUT2D eigenvalue weighted by atomic mass is 16.1. The number of hydrogen-bond donors (Lipinski definition) is 0. The molecule has 0 fully saturated rings. The summed E-state index contributed by atoms with van der Waals surface area (Å²) < 4.78 is 0. The first-order valence-electron chi connectivity index (χ1n) is 5.11. The summed E-state index contributed by atoms with van der Waals surface area (Å²) in [5.74, 6) is -0.123. The van der Waals surface area contributed by atoms with E-state index in [9.17, 15) is 9.59 Å². The number of carbonyl (C=O) groups excluding carboxylic acids is 2. The van der Waals surface area contributed by atoms with Crippen molar-refractivity contribution in [1.29, 1.82) is 0 Å². The molecule has 0 aliphatic carbocycles. The number of rotatable bonds is 7. The van der Waals surface area contributed by atoms with Crippen molar-refractivity contribution in [2.75, 3.05) is 0 Å². The van der Waals surface area contributed by atoms with Gasteiger partial charge in [0.25, 0.3) is 0 Å². The lowest BCUT2D eigenvalue weighted by atomic mass is 9.90. The van der Waals surface area contributed by atoms with Crippen LogP contribution in [0, 0.1) is 11.8 Å². The molecule has 0 aromatic carbocycles. The molecule has 2 heteroatoms. The molecule has 0 N–H and O–H groups in total. The zero-order valence-electron chi connectivity index (χ0n) is 8.88. The van der Waals surface area contributed by atoms with Crippen LogP contribution >= 0.6 is 0 Å². The molecular formula is C11H20O2. The Bertz CT molecular complexity index is 161. The fraction of sp³-hybridized carbons (Fsp3) is 0.818. The standard InChI is InChI=1S/C11H20O2/c1-4-5-6-7-11(13)10(8-12)9(2)3/h8-10H,4-7H2,1-3H3. The molecule has 0 spiro atoms. The topological polar surface area (TPSA) is 34.1 Å². The van der Waals surface area contributed by atoms with E-state index in [-0.39, 0.29) is 17.6 Å². The molecule has 0 saturated carbocycles. The van der Waals surface area contributed by atoms with Gasteiger partial charge in [-0.05, 0) is 12.3 Å². The summed E-state index contributed by atoms with van der Waals surface area (Å²) in [4.78, 5) is 22.1. The van der Waals surface area contributed by atoms with Crippen LogP contribution in [0.15, 0.2) is 0 Å². The second-order valence-corrected chi connectivity index (χ2v) is 3.83. The minimum Gasteiger partial charge on any atom is -0.303 e. The second kappa shape index (κ2) is 6.81. The molecule has 0 heterocycles. The Morgan fingerprint density at radius 1 is 1.31 bits per heavy atom. The number of unbranched alkanes of at least 4 members (excludes halogenated alkanes) is 2. The summed E-state index contributed by atoms with van der Waals surface area (Å²) in [7, 11) is 0. The number of aldehydes is 1. The molecule has 2 nitrogen and oxygen atoms in total. The molecule has 0 aromatic rings. The lowest BCUT2D eigenvalue weighted by molar-refractivity contribution is -0.129. The summed E-state index contributed by atoms with van der Waals surface area (Å²) in [6, 6.07) is 0. The van der Waals surface area contributed by atoms with Gasteiger partial charge in [0.05, 0.1) is 5.92 Å². The summed E-state index contributed by atoms with van der Waals surface area (Å²) >= 11 is 0. The Balaban J connectivity index is 3.85. The maximum Gasteiger partial charge on any atom is 0.143 e. The summed E-state index contributed by atoms with van der Waals surface area (Å²) in [5.41, 5.74) is 0. The molecule has 0 amide bonds. The molecular weight excluding hydrogens is 164 g/mol. The minimum absolute atomic E-state index is 0.110. The average Bonchev–Trinajstić information content (AvgIpc) is 2.05. The van der Waals surface area contributed by atoms with Crippen LogP contribution in [0.5, 0.6) is 0 Å². The molecule has 0 aliphatic rings. The van der Waals surface area contributed by atoms with E-state index in [1.54, 1.807) is 0 Å². The maximum atomic E-state index is 11.5. The quantitative estimate of drug-likeness (QED) is 0.346. The minimum atomic E-state index is -0.378. The van der Waals surface area contributed by atoms with E-state index >= 15 is 0 Å². The van der Waals surface area contributed by atoms with Crippen LogP contribution in [-0.4, -0.2) is 12.1 Å². The van der Waals surface area contributed by atoms with Gasteiger partial charge >= 0.3 is 0 Å². The molecule has 0 radical (unpaired) electrons. The predicted molar refractivity (Wildman–Crippen MR) is 53.5 cm³/mol. The molecule has 0 aromatic heterocycles. The Kier molecular flexibility index (Phi) is 6.47. The Labute approximate surface area is 80.7 Å². The van der Waals surface area contributed by atoms with Gasteiger partial charge in [-0.25, -0.2) is 0 Å². The van der Waals surface area contributed by atoms with Gasteiger partial charge in [0, 0.05) is 6.42 Å². The summed E-state index contributed by atoms with van der Waals surface area (Å²) in [6.45, 7) is 5.93. The second-order valence-electron chi connectivity index (χ2n) is 3.83. The van der Waals surface area contributed by atoms with E-state index in [0.29, 0.717) is 6.42 Å². The van der Waals surface area contributed by atoms with Crippen LogP contribution in [0.4, 0.5) is 0 Å². The molecule has 1 unspecified atom stereocenters. The normalized spacial score (nSPS) is 12.9. The predicted octanol–water partition coefficient (Wildman–Crippen LogP) is 2.61. The van der Waals surface area contributed by atoms with E-state index in [4.69, 9.17) is 0 Å². The summed E-state index contributed by atoms with van der Waals surface area (Å²) in [6.07, 6.45) is 4.47. The molecule has 0 bridgehead atoms. The van der Waals surface area contributed by atoms with E-state index in [2.05, 4.69) is 6.92 Å². The fourth-order valence-corrected chi connectivity index (χ4v) is 1.32. The van der Waals surface area contributed by atoms with Crippen molar-refractivity contribution in [3.8, 4) is 0 Å². The lowest BCUT2D eigenvalue weighted by Crippen LogP contribution is -2.21. The third-order valence-electron chi connectivity index (χ3n) is 2.26. The number of ketones is 1. The van der Waals surface area contributed by atoms with Gasteiger partial charge < -0.3 is 4.79 Å². The number of carbonyl (C=O) groups is 2. The zero-order chi connectivity index (χ0) is 10.3. The molecule has 13 heavy (non-hydrogen) atoms. The SMILES string of the molecule is CCCCCC(=O)C(C=O)C(C)C. The first kappa shape index (κ1) is 12.3. The van der Waals surface area contributed by atoms with Crippen molar-refractivity contribution in [1.82, 2.24) is 0 Å². The third kappa shape index (κ3) is 4.81. The van der Waals surface area contributed by atoms with Crippen LogP contribution < -0.4 is 0 Å². The molecule has 1 atom stereocenters. The zero-order valence-corrected chi connectivity index (χ0v) is 8.88. The van der Waals surface area contributed by atoms with E-state index in [1.165, 1.54) is 0 Å². The van der Waals surface area contributed by atoms with Crippen molar-refractivity contribution in [2.24, 2.45) is 11.8 Å². The highest BCUT2D eigenvalue weighted by molar-refractivity contribution is 5.93. The van der Waals surface area contributed by atoms with Gasteiger partial charge in [0.15, 0.2) is 0 Å². The van der Waals surface area contributed by atoms with Crippen LogP contribution in [0.2, 0.25) is 0 Å². The van der Waals surface area contributed by atoms with Crippen molar-refractivity contribution < 1.29 is 9.59 Å². The van der Waals surface area contributed by atoms with E-state index in [1.807, 2.05) is 13.8 Å². The van der Waals surface area contributed by atoms with Gasteiger partial charge in [0.1, 0.15) is 12.1 Å². The van der Waals surface area contributed by atoms with Crippen molar-refractivity contribution in [3.05, 3.63) is 0 Å². The third-order valence-corrected chi connectivity index (χ3v) is 2.26. The number of hydrogen-bond acceptors (Lipinski definition) is 2. The van der Waals surface area contributed by atoms with E-state index < -0.39 is 0 Å². The smallest absolute Gasteiger partial charge is 0.143 e. The largest absolute Gasteiger partial charge is 0.303 e. The van der Waals surface area contributed by atoms with Gasteiger partial charge in [-0.2, -0.15) is 0 Å². The number of Topliss-reactive ketones (excluding diaryl/α,β-unsaturated/α-hetero) is 1. The van der Waals surface area contributed by atoms with Crippen LogP contribution in [0.1, 0.15) is 46.5 Å². The fourth-order valence-electron chi connectivity index (χ4n) is 1.32. The van der Waals surface area contributed by atoms with E-state index in [0.717, 1.165) is 25.5 Å². The van der Waals surface area contributed by atoms with Crippen LogP contribution in [0.3, 0.4) is 0 Å². The highest BCUT2D eigenvalue weighted by Crippen LogP contribution is 2.13. The van der Waals surface area contributed by atoms with Crippen molar-refractivity contribution >= 4 is 12.1 Å². The van der Waals surface area contributed by atoms with Gasteiger partial charge in [-0.3, -0.25) is 4.79 Å². The molecule has 0 rings (SSSR count). The van der Waals surface area contributed by atoms with Crippen molar-refractivity contribution in [3.63, 3.8) is 0 Å². The maximum absolute atomic E-state index is 11.5. The van der Waals surface area contributed by atoms with Gasteiger partial charge in [-0.15, -0.1) is 0 Å². The highest BCUT2D eigenvalue weighted by Gasteiger charge is 2.20. The first-order valence-corrected chi connectivity index (χ1v) is 5.11. The Morgan fingerprint density at radius 3 is 2.31 bits per heavy atom. The average molecular weight is 184 g/mol. The lowest BCUT2D eigenvalue weighted by Gasteiger charge is -2.12. The Hall–Kier alpha value is -0.660. The van der Waals surface area contributed by atoms with Crippen LogP contribution in [0.25, 0.3) is 0 Å². The molecule has 76 valence electrons. The Morgan fingerprint density at radius 2 is 1.92 bits per heavy atom. The molecule has 0 aliphatic heterocycles.